The van der Waals surface area contributed by atoms with E-state index in [0.717, 1.165) is 23.0 Å². The molecular weight excluding hydrogens is 326 g/mol. The summed E-state index contributed by atoms with van der Waals surface area (Å²) in [6, 6.07) is 5.76. The van der Waals surface area contributed by atoms with E-state index < -0.39 is 0 Å². The van der Waals surface area contributed by atoms with Crippen LogP contribution in [0.15, 0.2) is 18.2 Å². The number of hydrogen-bond acceptors (Lipinski definition) is 1. The predicted octanol–water partition coefficient (Wildman–Crippen LogP) is 4.81. The van der Waals surface area contributed by atoms with Gasteiger partial charge in [-0.05, 0) is 34.7 Å². The third-order valence-corrected chi connectivity index (χ3v) is 4.75. The Morgan fingerprint density at radius 1 is 1.25 bits per heavy atom. The van der Waals surface area contributed by atoms with Gasteiger partial charge in [-0.25, -0.2) is 0 Å². The Bertz CT molecular complexity index is 436. The minimum Gasteiger partial charge on any atom is -0.127 e. The van der Waals surface area contributed by atoms with Crippen LogP contribution in [0.25, 0.3) is 10.1 Å². The van der Waals surface area contributed by atoms with Gasteiger partial charge in [0.25, 0.3) is 0 Å². The second-order valence-electron chi connectivity index (χ2n) is 2.33. The molecule has 0 atom stereocenters. The van der Waals surface area contributed by atoms with E-state index >= 15 is 0 Å². The van der Waals surface area contributed by atoms with Crippen LogP contribution in [0.4, 0.5) is 0 Å². The van der Waals surface area contributed by atoms with Crippen LogP contribution in [0.2, 0.25) is 10.0 Å². The van der Waals surface area contributed by atoms with E-state index in [2.05, 4.69) is 22.6 Å². The quantitative estimate of drug-likeness (QED) is 0.609. The highest BCUT2D eigenvalue weighted by atomic mass is 127. The summed E-state index contributed by atoms with van der Waals surface area (Å²) < 4.78 is 2.27. The van der Waals surface area contributed by atoms with E-state index in [1.54, 1.807) is 11.3 Å². The van der Waals surface area contributed by atoms with Crippen LogP contribution in [0.3, 0.4) is 0 Å². The summed E-state index contributed by atoms with van der Waals surface area (Å²) >= 11 is 15.8. The molecule has 0 amide bonds. The summed E-state index contributed by atoms with van der Waals surface area (Å²) in [4.78, 5) is 0. The Hall–Kier alpha value is 0.490. The van der Waals surface area contributed by atoms with Gasteiger partial charge < -0.3 is 0 Å². The fourth-order valence-corrected chi connectivity index (χ4v) is 3.44. The van der Waals surface area contributed by atoms with E-state index in [9.17, 15) is 0 Å². The maximum Gasteiger partial charge on any atom is 0.0852 e. The molecule has 0 fully saturated rings. The largest absolute Gasteiger partial charge is 0.127 e. The normalized spacial score (nSPS) is 10.9. The molecular formula is C8H3Cl2IS. The summed E-state index contributed by atoms with van der Waals surface area (Å²) in [5.41, 5.74) is 0. The Morgan fingerprint density at radius 2 is 2.00 bits per heavy atom. The molecule has 0 saturated carbocycles. The van der Waals surface area contributed by atoms with Gasteiger partial charge in [-0.3, -0.25) is 0 Å². The topological polar surface area (TPSA) is 0 Å². The first-order valence-electron chi connectivity index (χ1n) is 3.21. The smallest absolute Gasteiger partial charge is 0.0852 e. The van der Waals surface area contributed by atoms with E-state index in [1.165, 1.54) is 0 Å². The Labute approximate surface area is 97.6 Å². The monoisotopic (exact) mass is 328 g/mol. The van der Waals surface area contributed by atoms with Crippen molar-refractivity contribution in [2.24, 2.45) is 0 Å². The van der Waals surface area contributed by atoms with Gasteiger partial charge in [0, 0.05) is 15.1 Å². The Balaban J connectivity index is 2.87. The third-order valence-electron chi connectivity index (χ3n) is 1.55. The van der Waals surface area contributed by atoms with Crippen LogP contribution >= 0.6 is 57.1 Å². The zero-order valence-electron chi connectivity index (χ0n) is 5.77. The van der Waals surface area contributed by atoms with Gasteiger partial charge in [0.1, 0.15) is 0 Å². The van der Waals surface area contributed by atoms with Crippen molar-refractivity contribution >= 4 is 67.2 Å². The van der Waals surface area contributed by atoms with E-state index in [1.807, 2.05) is 18.2 Å². The van der Waals surface area contributed by atoms with Crippen molar-refractivity contribution in [1.29, 1.82) is 0 Å². The molecule has 0 saturated heterocycles. The van der Waals surface area contributed by atoms with Gasteiger partial charge in [-0.2, -0.15) is 0 Å². The molecule has 0 unspecified atom stereocenters. The highest BCUT2D eigenvalue weighted by Crippen LogP contribution is 2.37. The fraction of sp³-hybridized carbons (Fsp3) is 0. The van der Waals surface area contributed by atoms with Crippen molar-refractivity contribution in [2.75, 3.05) is 0 Å². The van der Waals surface area contributed by atoms with Crippen molar-refractivity contribution in [2.45, 2.75) is 0 Å². The predicted molar refractivity (Wildman–Crippen MR) is 64.6 cm³/mol. The highest BCUT2D eigenvalue weighted by Gasteiger charge is 2.07. The lowest BCUT2D eigenvalue weighted by Gasteiger charge is -1.89. The van der Waals surface area contributed by atoms with E-state index in [0.29, 0.717) is 0 Å². The van der Waals surface area contributed by atoms with Gasteiger partial charge in [0.05, 0.1) is 7.91 Å². The number of fused-ring (bicyclic) bond motifs is 1. The molecule has 0 spiro atoms. The first-order valence-corrected chi connectivity index (χ1v) is 5.86. The van der Waals surface area contributed by atoms with E-state index in [4.69, 9.17) is 23.2 Å². The molecule has 62 valence electrons. The second-order valence-corrected chi connectivity index (χ2v) is 6.01. The average molecular weight is 329 g/mol. The molecule has 0 nitrogen and oxygen atoms in total. The first-order chi connectivity index (χ1) is 5.68. The number of hydrogen-bond donors (Lipinski definition) is 0. The van der Waals surface area contributed by atoms with E-state index in [-0.39, 0.29) is 0 Å². The zero-order valence-corrected chi connectivity index (χ0v) is 10.3. The molecule has 1 aromatic carbocycles. The molecule has 0 aliphatic carbocycles. The van der Waals surface area contributed by atoms with Crippen molar-refractivity contribution in [3.63, 3.8) is 0 Å². The lowest BCUT2D eigenvalue weighted by atomic mass is 10.3. The Kier molecular flexibility index (Phi) is 2.51. The van der Waals surface area contributed by atoms with Crippen molar-refractivity contribution < 1.29 is 0 Å². The standard InChI is InChI=1S/C8H3Cl2IS/c9-4-1-2-5-6(3-4)12-8(11)7(5)10/h1-3H. The van der Waals surface area contributed by atoms with Crippen molar-refractivity contribution in [1.82, 2.24) is 0 Å². The average Bonchev–Trinajstić information content (AvgIpc) is 2.28. The number of thiophene rings is 1. The first kappa shape index (κ1) is 9.06. The number of rotatable bonds is 0. The summed E-state index contributed by atoms with van der Waals surface area (Å²) in [5, 5.41) is 2.69. The molecule has 2 aromatic rings. The van der Waals surface area contributed by atoms with Gasteiger partial charge >= 0.3 is 0 Å². The maximum atomic E-state index is 6.05. The molecule has 12 heavy (non-hydrogen) atoms. The highest BCUT2D eigenvalue weighted by molar-refractivity contribution is 14.1. The minimum absolute atomic E-state index is 0.761. The molecule has 0 N–H and O–H groups in total. The lowest BCUT2D eigenvalue weighted by Crippen LogP contribution is -1.64. The molecule has 1 heterocycles. The molecule has 0 bridgehead atoms. The van der Waals surface area contributed by atoms with Crippen LogP contribution in [-0.4, -0.2) is 0 Å². The molecule has 2 rings (SSSR count). The summed E-state index contributed by atoms with van der Waals surface area (Å²) in [6.07, 6.45) is 0. The van der Waals surface area contributed by atoms with Crippen molar-refractivity contribution in [3.05, 3.63) is 31.1 Å². The molecule has 1 aromatic heterocycles. The van der Waals surface area contributed by atoms with Crippen LogP contribution in [0.5, 0.6) is 0 Å². The number of halogens is 3. The molecule has 0 radical (unpaired) electrons. The summed E-state index contributed by atoms with van der Waals surface area (Å²) in [7, 11) is 0. The maximum absolute atomic E-state index is 6.05. The molecule has 4 heteroatoms. The van der Waals surface area contributed by atoms with Crippen LogP contribution in [-0.2, 0) is 0 Å². The lowest BCUT2D eigenvalue weighted by molar-refractivity contribution is 1.84. The van der Waals surface area contributed by atoms with Gasteiger partial charge in [0.15, 0.2) is 0 Å². The molecule has 0 aliphatic heterocycles. The van der Waals surface area contributed by atoms with Crippen LogP contribution in [0.1, 0.15) is 0 Å². The van der Waals surface area contributed by atoms with Gasteiger partial charge in [-0.15, -0.1) is 11.3 Å². The van der Waals surface area contributed by atoms with Crippen molar-refractivity contribution in [3.8, 4) is 0 Å². The third kappa shape index (κ3) is 1.45. The van der Waals surface area contributed by atoms with Gasteiger partial charge in [0.2, 0.25) is 0 Å². The number of benzene rings is 1. The molecule has 0 aliphatic rings. The summed E-state index contributed by atoms with van der Waals surface area (Å²) in [6.45, 7) is 0. The van der Waals surface area contributed by atoms with Gasteiger partial charge in [-0.1, -0.05) is 29.3 Å². The second kappa shape index (κ2) is 3.33. The summed E-state index contributed by atoms with van der Waals surface area (Å²) in [5.74, 6) is 0. The van der Waals surface area contributed by atoms with Crippen LogP contribution in [0, 0.1) is 2.88 Å². The SMILES string of the molecule is Clc1ccc2c(Cl)c(I)sc2c1. The Morgan fingerprint density at radius 3 is 2.75 bits per heavy atom. The van der Waals surface area contributed by atoms with Crippen LogP contribution < -0.4 is 0 Å². The minimum atomic E-state index is 0.761. The fourth-order valence-electron chi connectivity index (χ4n) is 1.01. The zero-order chi connectivity index (χ0) is 8.72.